The Bertz CT molecular complexity index is 262. The zero-order valence-corrected chi connectivity index (χ0v) is 11.0. The number of amides is 1. The number of nitrogens with two attached hydrogens (primary N) is 1. The van der Waals surface area contributed by atoms with Crippen molar-refractivity contribution in [3.63, 3.8) is 0 Å². The smallest absolute Gasteiger partial charge is 0.306 e. The first-order valence-corrected chi connectivity index (χ1v) is 6.46. The van der Waals surface area contributed by atoms with Crippen molar-refractivity contribution in [2.24, 2.45) is 17.6 Å². The van der Waals surface area contributed by atoms with Gasteiger partial charge in [-0.1, -0.05) is 26.1 Å². The SMILES string of the molecule is NCC(=O)NCC1CCCCC1C(=O)O.[B]CC. The maximum absolute atomic E-state index is 10.9. The number of hydrogen-bond acceptors (Lipinski definition) is 3. The summed E-state index contributed by atoms with van der Waals surface area (Å²) in [5.74, 6) is -1.21. The summed E-state index contributed by atoms with van der Waals surface area (Å²) in [7, 11) is 4.85. The third-order valence-electron chi connectivity index (χ3n) is 2.97. The van der Waals surface area contributed by atoms with Crippen LogP contribution in [-0.2, 0) is 9.59 Å². The molecular formula is C12H23BN2O3. The van der Waals surface area contributed by atoms with Gasteiger partial charge >= 0.3 is 5.97 Å². The summed E-state index contributed by atoms with van der Waals surface area (Å²) in [4.78, 5) is 21.9. The van der Waals surface area contributed by atoms with Crippen molar-refractivity contribution in [1.29, 1.82) is 0 Å². The minimum Gasteiger partial charge on any atom is -0.481 e. The molecule has 0 aromatic rings. The van der Waals surface area contributed by atoms with Gasteiger partial charge in [-0.05, 0) is 18.8 Å². The van der Waals surface area contributed by atoms with E-state index >= 15 is 0 Å². The van der Waals surface area contributed by atoms with Crippen LogP contribution < -0.4 is 11.1 Å². The number of carboxylic acids is 1. The van der Waals surface area contributed by atoms with Gasteiger partial charge in [-0.15, -0.1) is 0 Å². The van der Waals surface area contributed by atoms with Gasteiger partial charge in [0.1, 0.15) is 0 Å². The van der Waals surface area contributed by atoms with E-state index in [1.165, 1.54) is 0 Å². The molecule has 5 nitrogen and oxygen atoms in total. The molecule has 4 N–H and O–H groups in total. The van der Waals surface area contributed by atoms with Crippen LogP contribution in [0.3, 0.4) is 0 Å². The zero-order chi connectivity index (χ0) is 14.0. The summed E-state index contributed by atoms with van der Waals surface area (Å²) in [5, 5.41) is 11.7. The van der Waals surface area contributed by atoms with E-state index < -0.39 is 5.97 Å². The molecule has 1 saturated carbocycles. The Hall–Kier alpha value is -1.04. The Morgan fingerprint density at radius 2 is 1.94 bits per heavy atom. The van der Waals surface area contributed by atoms with Gasteiger partial charge < -0.3 is 16.2 Å². The quantitative estimate of drug-likeness (QED) is 0.638. The highest BCUT2D eigenvalue weighted by molar-refractivity contribution is 6.08. The number of carboxylic acid groups (broad SMARTS) is 1. The number of carbonyl (C=O) groups is 2. The average Bonchev–Trinajstić information content (AvgIpc) is 2.37. The lowest BCUT2D eigenvalue weighted by Gasteiger charge is -2.28. The van der Waals surface area contributed by atoms with Crippen LogP contribution in [0.4, 0.5) is 0 Å². The molecule has 0 heterocycles. The van der Waals surface area contributed by atoms with Crippen molar-refractivity contribution in [2.45, 2.75) is 38.9 Å². The predicted molar refractivity (Wildman–Crippen MR) is 71.4 cm³/mol. The van der Waals surface area contributed by atoms with E-state index in [1.54, 1.807) is 0 Å². The first-order valence-electron chi connectivity index (χ1n) is 6.46. The summed E-state index contributed by atoms with van der Waals surface area (Å²) >= 11 is 0. The third-order valence-corrected chi connectivity index (χ3v) is 2.97. The van der Waals surface area contributed by atoms with E-state index in [4.69, 9.17) is 18.7 Å². The van der Waals surface area contributed by atoms with Crippen molar-refractivity contribution in [3.05, 3.63) is 0 Å². The van der Waals surface area contributed by atoms with Gasteiger partial charge in [0.05, 0.1) is 20.3 Å². The van der Waals surface area contributed by atoms with Crippen LogP contribution >= 0.6 is 0 Å². The second-order valence-corrected chi connectivity index (χ2v) is 4.41. The van der Waals surface area contributed by atoms with E-state index in [1.807, 2.05) is 6.92 Å². The van der Waals surface area contributed by atoms with E-state index in [9.17, 15) is 9.59 Å². The first-order chi connectivity index (χ1) is 8.56. The molecule has 0 bridgehead atoms. The van der Waals surface area contributed by atoms with Crippen molar-refractivity contribution < 1.29 is 14.7 Å². The Kier molecular flexibility index (Phi) is 9.37. The van der Waals surface area contributed by atoms with E-state index in [-0.39, 0.29) is 24.3 Å². The fourth-order valence-corrected chi connectivity index (χ4v) is 2.09. The number of hydrogen-bond donors (Lipinski definition) is 3. The molecule has 0 aromatic heterocycles. The summed E-state index contributed by atoms with van der Waals surface area (Å²) < 4.78 is 0. The highest BCUT2D eigenvalue weighted by Crippen LogP contribution is 2.29. The van der Waals surface area contributed by atoms with Gasteiger partial charge in [0.15, 0.2) is 0 Å². The minimum atomic E-state index is -0.748. The average molecular weight is 254 g/mol. The molecule has 1 amide bonds. The third kappa shape index (κ3) is 6.64. The molecule has 1 aliphatic rings. The van der Waals surface area contributed by atoms with Crippen LogP contribution in [-0.4, -0.2) is 37.9 Å². The van der Waals surface area contributed by atoms with Crippen LogP contribution in [0.25, 0.3) is 0 Å². The standard InChI is InChI=1S/C10H18N2O3.C2H5B/c11-5-9(13)12-6-7-3-1-2-4-8(7)10(14)15;1-2-3/h7-8H,1-6,11H2,(H,12,13)(H,14,15);2H2,1H3. The molecule has 0 spiro atoms. The van der Waals surface area contributed by atoms with Gasteiger partial charge in [-0.25, -0.2) is 0 Å². The van der Waals surface area contributed by atoms with E-state index in [0.29, 0.717) is 6.54 Å². The largest absolute Gasteiger partial charge is 0.481 e. The van der Waals surface area contributed by atoms with Crippen molar-refractivity contribution in [3.8, 4) is 0 Å². The maximum atomic E-state index is 10.9. The number of carbonyl (C=O) groups excluding carboxylic acids is 1. The molecule has 6 heteroatoms. The van der Waals surface area contributed by atoms with Crippen LogP contribution in [0, 0.1) is 11.8 Å². The zero-order valence-electron chi connectivity index (χ0n) is 11.0. The molecule has 102 valence electrons. The van der Waals surface area contributed by atoms with Gasteiger partial charge in [0.25, 0.3) is 0 Å². The Morgan fingerprint density at radius 3 is 2.44 bits per heavy atom. The minimum absolute atomic E-state index is 0.0372. The topological polar surface area (TPSA) is 92.4 Å². The fourth-order valence-electron chi connectivity index (χ4n) is 2.09. The molecule has 1 rings (SSSR count). The number of rotatable bonds is 4. The van der Waals surface area contributed by atoms with Crippen molar-refractivity contribution in [1.82, 2.24) is 5.32 Å². The van der Waals surface area contributed by atoms with Crippen LogP contribution in [0.15, 0.2) is 0 Å². The Balaban J connectivity index is 0.000000873. The highest BCUT2D eigenvalue weighted by Gasteiger charge is 2.30. The normalized spacial score (nSPS) is 22.6. The van der Waals surface area contributed by atoms with Crippen LogP contribution in [0.2, 0.25) is 6.32 Å². The first kappa shape index (κ1) is 17.0. The molecule has 2 unspecified atom stereocenters. The Labute approximate surface area is 110 Å². The lowest BCUT2D eigenvalue weighted by atomic mass is 9.79. The van der Waals surface area contributed by atoms with Gasteiger partial charge in [-0.2, -0.15) is 0 Å². The van der Waals surface area contributed by atoms with Crippen LogP contribution in [0.1, 0.15) is 32.6 Å². The summed E-state index contributed by atoms with van der Waals surface area (Å²) in [6.07, 6.45) is 4.37. The lowest BCUT2D eigenvalue weighted by Crippen LogP contribution is -2.39. The number of aliphatic carboxylic acids is 1. The molecule has 2 radical (unpaired) electrons. The molecular weight excluding hydrogens is 231 g/mol. The van der Waals surface area contributed by atoms with Gasteiger partial charge in [0.2, 0.25) is 5.91 Å². The molecule has 2 atom stereocenters. The van der Waals surface area contributed by atoms with Crippen LogP contribution in [0.5, 0.6) is 0 Å². The number of nitrogens with one attached hydrogen (secondary N) is 1. The van der Waals surface area contributed by atoms with Gasteiger partial charge in [0, 0.05) is 6.54 Å². The maximum Gasteiger partial charge on any atom is 0.306 e. The molecule has 0 aromatic carbocycles. The second-order valence-electron chi connectivity index (χ2n) is 4.41. The van der Waals surface area contributed by atoms with Crippen molar-refractivity contribution in [2.75, 3.05) is 13.1 Å². The summed E-state index contributed by atoms with van der Waals surface area (Å²) in [6, 6.07) is 0. The highest BCUT2D eigenvalue weighted by atomic mass is 16.4. The molecule has 0 aliphatic heterocycles. The van der Waals surface area contributed by atoms with Gasteiger partial charge in [-0.3, -0.25) is 9.59 Å². The second kappa shape index (κ2) is 9.94. The molecule has 0 saturated heterocycles. The fraction of sp³-hybridized carbons (Fsp3) is 0.833. The molecule has 1 fully saturated rings. The summed E-state index contributed by atoms with van der Waals surface area (Å²) in [5.41, 5.74) is 5.15. The lowest BCUT2D eigenvalue weighted by molar-refractivity contribution is -0.145. The monoisotopic (exact) mass is 254 g/mol. The molecule has 1 aliphatic carbocycles. The summed E-state index contributed by atoms with van der Waals surface area (Å²) in [6.45, 7) is 2.30. The Morgan fingerprint density at radius 1 is 1.39 bits per heavy atom. The molecule has 18 heavy (non-hydrogen) atoms. The van der Waals surface area contributed by atoms with E-state index in [2.05, 4.69) is 5.32 Å². The predicted octanol–water partition coefficient (Wildman–Crippen LogP) is 0.545. The van der Waals surface area contributed by atoms with E-state index in [0.717, 1.165) is 32.0 Å². The van der Waals surface area contributed by atoms with Crippen molar-refractivity contribution >= 4 is 19.7 Å².